The number of hydrogen-bond acceptors (Lipinski definition) is 9. The van der Waals surface area contributed by atoms with Crippen molar-refractivity contribution in [2.24, 2.45) is 11.8 Å². The highest BCUT2D eigenvalue weighted by Crippen LogP contribution is 2.38. The average molecular weight is 480 g/mol. The molecule has 1 amide bonds. The molecule has 11 nitrogen and oxygen atoms in total. The topological polar surface area (TPSA) is 122 Å². The molecule has 4 aromatic heterocycles. The van der Waals surface area contributed by atoms with Gasteiger partial charge in [-0.05, 0) is 37.4 Å². The second-order valence-corrected chi connectivity index (χ2v) is 8.88. The van der Waals surface area contributed by atoms with Crippen molar-refractivity contribution in [3.8, 4) is 11.4 Å². The number of morpholine rings is 1. The fraction of sp³-hybridized carbons (Fsp3) is 0.417. The van der Waals surface area contributed by atoms with E-state index in [0.717, 1.165) is 12.1 Å². The summed E-state index contributed by atoms with van der Waals surface area (Å²) in [5.74, 6) is 0.603. The van der Waals surface area contributed by atoms with Crippen LogP contribution in [0.15, 0.2) is 30.6 Å². The Bertz CT molecular complexity index is 1640. The zero-order chi connectivity index (χ0) is 29.1. The van der Waals surface area contributed by atoms with Gasteiger partial charge in [-0.3, -0.25) is 4.79 Å². The number of carbonyl (C=O) groups is 1. The van der Waals surface area contributed by atoms with Crippen LogP contribution in [0.3, 0.4) is 0 Å². The van der Waals surface area contributed by atoms with Crippen LogP contribution in [0.4, 0.5) is 17.3 Å². The van der Waals surface area contributed by atoms with Gasteiger partial charge in [0.15, 0.2) is 23.1 Å². The second-order valence-electron chi connectivity index (χ2n) is 8.88. The highest BCUT2D eigenvalue weighted by molar-refractivity contribution is 6.01. The number of nitrogens with zero attached hydrogens (tertiary/aromatic N) is 7. The van der Waals surface area contributed by atoms with Crippen LogP contribution in [0.1, 0.15) is 28.4 Å². The number of anilines is 3. The van der Waals surface area contributed by atoms with Crippen molar-refractivity contribution < 1.29 is 17.8 Å². The van der Waals surface area contributed by atoms with Gasteiger partial charge in [0.2, 0.25) is 5.91 Å². The van der Waals surface area contributed by atoms with Gasteiger partial charge in [-0.15, -0.1) is 15.3 Å². The first-order valence-electron chi connectivity index (χ1n) is 14.3. The fourth-order valence-corrected chi connectivity index (χ4v) is 4.33. The largest absolute Gasteiger partial charge is 0.375 e. The van der Waals surface area contributed by atoms with E-state index >= 15 is 0 Å². The predicted molar refractivity (Wildman–Crippen MR) is 132 cm³/mol. The van der Waals surface area contributed by atoms with E-state index in [-0.39, 0.29) is 42.1 Å². The van der Waals surface area contributed by atoms with E-state index in [1.54, 1.807) is 22.8 Å². The molecule has 0 unspecified atom stereocenters. The summed E-state index contributed by atoms with van der Waals surface area (Å²) in [5, 5.41) is 18.5. The number of hydrogen-bond donors (Lipinski definition) is 2. The number of nitrogens with one attached hydrogen (secondary N) is 2. The Kier molecular flexibility index (Phi) is 3.83. The molecule has 2 N–H and O–H groups in total. The number of carbonyl (C=O) groups excluding carboxylic acids is 1. The Morgan fingerprint density at radius 3 is 3.06 bits per heavy atom. The van der Waals surface area contributed by atoms with Gasteiger partial charge in [-0.25, -0.2) is 14.5 Å². The molecule has 0 aromatic carbocycles. The smallest absolute Gasteiger partial charge is 0.228 e. The van der Waals surface area contributed by atoms with E-state index in [4.69, 9.17) is 13.0 Å². The van der Waals surface area contributed by atoms with Crippen molar-refractivity contribution in [3.05, 3.63) is 30.6 Å². The Morgan fingerprint density at radius 2 is 2.23 bits per heavy atom. The molecule has 1 aliphatic heterocycles. The van der Waals surface area contributed by atoms with Crippen LogP contribution in [0, 0.1) is 11.8 Å². The zero-order valence-electron chi connectivity index (χ0n) is 24.9. The molecule has 2 fully saturated rings. The van der Waals surface area contributed by atoms with Crippen LogP contribution in [0.25, 0.3) is 27.9 Å². The van der Waals surface area contributed by atoms with Gasteiger partial charge in [0.25, 0.3) is 0 Å². The van der Waals surface area contributed by atoms with Gasteiger partial charge in [0, 0.05) is 51.4 Å². The molecular formula is C24H27N9O2. The van der Waals surface area contributed by atoms with E-state index in [2.05, 4.69) is 35.9 Å². The predicted octanol–water partition coefficient (Wildman–Crippen LogP) is 2.60. The Balaban J connectivity index is 1.37. The Hall–Kier alpha value is -3.86. The third kappa shape index (κ3) is 4.01. The Morgan fingerprint density at radius 1 is 1.31 bits per heavy atom. The zero-order valence-corrected chi connectivity index (χ0v) is 18.9. The number of fused-ring (bicyclic) bond motifs is 2. The fourth-order valence-electron chi connectivity index (χ4n) is 4.33. The van der Waals surface area contributed by atoms with Gasteiger partial charge in [-0.2, -0.15) is 0 Å². The third-order valence-corrected chi connectivity index (χ3v) is 6.43. The molecule has 2 aliphatic rings. The molecule has 35 heavy (non-hydrogen) atoms. The van der Waals surface area contributed by atoms with Gasteiger partial charge < -0.3 is 20.3 Å². The van der Waals surface area contributed by atoms with Gasteiger partial charge >= 0.3 is 0 Å². The molecule has 0 bridgehead atoms. The summed E-state index contributed by atoms with van der Waals surface area (Å²) in [7, 11) is 0. The van der Waals surface area contributed by atoms with E-state index in [1.807, 2.05) is 17.9 Å². The highest BCUT2D eigenvalue weighted by Gasteiger charge is 2.39. The minimum Gasteiger partial charge on any atom is -0.375 e. The van der Waals surface area contributed by atoms with Crippen molar-refractivity contribution in [3.63, 3.8) is 0 Å². The normalized spacial score (nSPS) is 25.2. The summed E-state index contributed by atoms with van der Waals surface area (Å²) in [6.07, 6.45) is 3.13. The lowest BCUT2D eigenvalue weighted by Crippen LogP contribution is -2.41. The number of aromatic nitrogens is 6. The maximum atomic E-state index is 12.5. The van der Waals surface area contributed by atoms with Gasteiger partial charge in [0.05, 0.1) is 24.6 Å². The molecular weight excluding hydrogens is 446 g/mol. The summed E-state index contributed by atoms with van der Waals surface area (Å²) < 4.78 is 52.9. The van der Waals surface area contributed by atoms with Gasteiger partial charge in [-0.1, -0.05) is 6.92 Å². The van der Waals surface area contributed by atoms with Crippen LogP contribution in [0.2, 0.25) is 0 Å². The van der Waals surface area contributed by atoms with E-state index < -0.39 is 19.9 Å². The molecule has 3 atom stereocenters. The number of rotatable bonds is 5. The quantitative estimate of drug-likeness (QED) is 0.445. The number of ether oxygens (including phenoxy) is 1. The SMILES string of the molecule is [2H]C([2H])([2H])Nc1ncc(-c2nc3ccc(N4CCO[C@@H](C([2H])([2H])[2H])C4)cn3n2)c2cc(NC(=O)[C@H]3C[C@H]3C)nnc12. The molecule has 0 radical (unpaired) electrons. The van der Waals surface area contributed by atoms with Crippen LogP contribution >= 0.6 is 0 Å². The molecule has 5 heterocycles. The molecule has 11 heteroatoms. The molecule has 4 aromatic rings. The van der Waals surface area contributed by atoms with Crippen molar-refractivity contribution in [2.75, 3.05) is 42.2 Å². The third-order valence-electron chi connectivity index (χ3n) is 6.43. The summed E-state index contributed by atoms with van der Waals surface area (Å²) in [6.45, 7) is -1.72. The molecule has 0 spiro atoms. The first kappa shape index (κ1) is 15.9. The summed E-state index contributed by atoms with van der Waals surface area (Å²) >= 11 is 0. The lowest BCUT2D eigenvalue weighted by atomic mass is 10.1. The minimum atomic E-state index is -2.52. The molecule has 1 saturated carbocycles. The van der Waals surface area contributed by atoms with Crippen molar-refractivity contribution in [2.45, 2.75) is 26.3 Å². The van der Waals surface area contributed by atoms with Gasteiger partial charge in [0.1, 0.15) is 5.52 Å². The number of pyridine rings is 2. The van der Waals surface area contributed by atoms with Crippen LogP contribution in [-0.2, 0) is 9.53 Å². The van der Waals surface area contributed by atoms with Crippen molar-refractivity contribution >= 4 is 39.8 Å². The number of amides is 1. The first-order chi connectivity index (χ1) is 19.4. The van der Waals surface area contributed by atoms with Crippen molar-refractivity contribution in [1.82, 2.24) is 29.8 Å². The molecule has 6 rings (SSSR count). The highest BCUT2D eigenvalue weighted by atomic mass is 16.5. The lowest BCUT2D eigenvalue weighted by Gasteiger charge is -2.32. The molecule has 180 valence electrons. The minimum absolute atomic E-state index is 0.00659. The van der Waals surface area contributed by atoms with Crippen molar-refractivity contribution in [1.29, 1.82) is 0 Å². The maximum Gasteiger partial charge on any atom is 0.228 e. The summed E-state index contributed by atoms with van der Waals surface area (Å²) in [4.78, 5) is 23.4. The van der Waals surface area contributed by atoms with Crippen LogP contribution < -0.4 is 15.5 Å². The first-order valence-corrected chi connectivity index (χ1v) is 11.3. The van der Waals surface area contributed by atoms with E-state index in [1.165, 1.54) is 6.20 Å². The summed E-state index contributed by atoms with van der Waals surface area (Å²) in [6, 6.07) is 5.22. The van der Waals surface area contributed by atoms with E-state index in [0.29, 0.717) is 34.9 Å². The standard InChI is InChI=1S/C24H27N9O2/c1-13-8-16(13)24(34)27-19-9-17-18(10-26-23(25-3)21(17)30-29-19)22-28-20-5-4-15(12-33(20)31-22)32-6-7-35-14(2)11-32/h4-5,9-10,12-14,16H,6-8,11H2,1-3H3,(H,25,26)(H,27,29,34)/t13-,14+,16+/m1/s1/i2D3,3D3. The molecule has 1 saturated heterocycles. The maximum absolute atomic E-state index is 12.5. The Labute approximate surface area is 210 Å². The average Bonchev–Trinajstić information content (AvgIpc) is 3.49. The molecule has 1 aliphatic carbocycles. The second kappa shape index (κ2) is 8.42. The lowest BCUT2D eigenvalue weighted by molar-refractivity contribution is -0.117. The summed E-state index contributed by atoms with van der Waals surface area (Å²) in [5.41, 5.74) is 1.93. The van der Waals surface area contributed by atoms with Crippen LogP contribution in [0.5, 0.6) is 0 Å². The monoisotopic (exact) mass is 479 g/mol. The van der Waals surface area contributed by atoms with E-state index in [9.17, 15) is 4.79 Å². The van der Waals surface area contributed by atoms with Crippen LogP contribution in [-0.4, -0.2) is 68.5 Å².